The van der Waals surface area contributed by atoms with Gasteiger partial charge >= 0.3 is 6.03 Å². The SMILES string of the molecule is COc1ccc(NC(=O)NCc2ccc(N3CCCC3)nc2)cc1. The number of amides is 2. The lowest BCUT2D eigenvalue weighted by Crippen LogP contribution is -2.28. The largest absolute Gasteiger partial charge is 0.497 e. The van der Waals surface area contributed by atoms with Crippen LogP contribution in [0.1, 0.15) is 18.4 Å². The Bertz CT molecular complexity index is 664. The first kappa shape index (κ1) is 16.1. The molecule has 1 aromatic carbocycles. The van der Waals surface area contributed by atoms with Crippen molar-refractivity contribution in [2.24, 2.45) is 0 Å². The van der Waals surface area contributed by atoms with Crippen LogP contribution >= 0.6 is 0 Å². The topological polar surface area (TPSA) is 66.5 Å². The van der Waals surface area contributed by atoms with Gasteiger partial charge in [-0.2, -0.15) is 0 Å². The molecule has 1 aliphatic rings. The first-order valence-electron chi connectivity index (χ1n) is 8.13. The van der Waals surface area contributed by atoms with Crippen molar-refractivity contribution in [2.75, 3.05) is 30.4 Å². The minimum absolute atomic E-state index is 0.246. The number of benzene rings is 1. The number of hydrogen-bond acceptors (Lipinski definition) is 4. The molecular formula is C18H22N4O2. The fraction of sp³-hybridized carbons (Fsp3) is 0.333. The van der Waals surface area contributed by atoms with Gasteiger partial charge in [-0.3, -0.25) is 0 Å². The number of nitrogens with one attached hydrogen (secondary N) is 2. The Morgan fingerprint density at radius 3 is 2.54 bits per heavy atom. The highest BCUT2D eigenvalue weighted by Crippen LogP contribution is 2.17. The van der Waals surface area contributed by atoms with E-state index in [-0.39, 0.29) is 6.03 Å². The Morgan fingerprint density at radius 1 is 1.17 bits per heavy atom. The van der Waals surface area contributed by atoms with Crippen LogP contribution in [-0.4, -0.2) is 31.2 Å². The smallest absolute Gasteiger partial charge is 0.319 e. The highest BCUT2D eigenvalue weighted by atomic mass is 16.5. The molecule has 2 aromatic rings. The molecule has 0 spiro atoms. The highest BCUT2D eigenvalue weighted by molar-refractivity contribution is 5.89. The van der Waals surface area contributed by atoms with E-state index in [0.29, 0.717) is 6.54 Å². The normalized spacial score (nSPS) is 13.6. The van der Waals surface area contributed by atoms with E-state index in [4.69, 9.17) is 4.74 Å². The summed E-state index contributed by atoms with van der Waals surface area (Å²) in [6.07, 6.45) is 4.29. The van der Waals surface area contributed by atoms with Gasteiger partial charge in [0.1, 0.15) is 11.6 Å². The van der Waals surface area contributed by atoms with Crippen molar-refractivity contribution in [1.29, 1.82) is 0 Å². The summed E-state index contributed by atoms with van der Waals surface area (Å²) in [7, 11) is 1.61. The monoisotopic (exact) mass is 326 g/mol. The molecule has 1 fully saturated rings. The molecule has 1 aliphatic heterocycles. The summed E-state index contributed by atoms with van der Waals surface area (Å²) >= 11 is 0. The lowest BCUT2D eigenvalue weighted by molar-refractivity contribution is 0.251. The van der Waals surface area contributed by atoms with E-state index in [1.807, 2.05) is 18.3 Å². The summed E-state index contributed by atoms with van der Waals surface area (Å²) in [6.45, 7) is 2.60. The van der Waals surface area contributed by atoms with E-state index >= 15 is 0 Å². The van der Waals surface area contributed by atoms with Gasteiger partial charge < -0.3 is 20.3 Å². The molecule has 2 heterocycles. The predicted molar refractivity (Wildman–Crippen MR) is 94.5 cm³/mol. The van der Waals surface area contributed by atoms with Crippen LogP contribution in [0.15, 0.2) is 42.6 Å². The molecule has 0 atom stereocenters. The van der Waals surface area contributed by atoms with Crippen molar-refractivity contribution in [3.05, 3.63) is 48.2 Å². The third-order valence-electron chi connectivity index (χ3n) is 4.04. The average Bonchev–Trinajstić information content (AvgIpc) is 3.16. The van der Waals surface area contributed by atoms with Crippen molar-refractivity contribution in [2.45, 2.75) is 19.4 Å². The van der Waals surface area contributed by atoms with E-state index in [1.54, 1.807) is 31.4 Å². The molecule has 0 saturated carbocycles. The number of ether oxygens (including phenoxy) is 1. The molecule has 2 N–H and O–H groups in total. The summed E-state index contributed by atoms with van der Waals surface area (Å²) in [5.41, 5.74) is 1.69. The molecule has 3 rings (SSSR count). The van der Waals surface area contributed by atoms with Crippen molar-refractivity contribution in [1.82, 2.24) is 10.3 Å². The van der Waals surface area contributed by atoms with Crippen molar-refractivity contribution in [3.8, 4) is 5.75 Å². The molecule has 1 aromatic heterocycles. The fourth-order valence-electron chi connectivity index (χ4n) is 2.69. The van der Waals surface area contributed by atoms with Gasteiger partial charge in [-0.05, 0) is 48.7 Å². The molecule has 1 saturated heterocycles. The van der Waals surface area contributed by atoms with Crippen molar-refractivity contribution in [3.63, 3.8) is 0 Å². The third-order valence-corrected chi connectivity index (χ3v) is 4.04. The van der Waals surface area contributed by atoms with E-state index in [1.165, 1.54) is 12.8 Å². The van der Waals surface area contributed by atoms with Crippen LogP contribution in [0, 0.1) is 0 Å². The number of hydrogen-bond donors (Lipinski definition) is 2. The van der Waals surface area contributed by atoms with Crippen LogP contribution < -0.4 is 20.3 Å². The Labute approximate surface area is 141 Å². The second kappa shape index (κ2) is 7.68. The van der Waals surface area contributed by atoms with E-state index in [0.717, 1.165) is 35.9 Å². The summed E-state index contributed by atoms with van der Waals surface area (Å²) < 4.78 is 5.09. The van der Waals surface area contributed by atoms with Gasteiger partial charge in [0.25, 0.3) is 0 Å². The lowest BCUT2D eigenvalue weighted by atomic mass is 10.2. The lowest BCUT2D eigenvalue weighted by Gasteiger charge is -2.16. The quantitative estimate of drug-likeness (QED) is 0.886. The van der Waals surface area contributed by atoms with Gasteiger partial charge in [-0.25, -0.2) is 9.78 Å². The maximum absolute atomic E-state index is 11.9. The number of anilines is 2. The number of aromatic nitrogens is 1. The molecule has 2 amide bonds. The van der Waals surface area contributed by atoms with Crippen molar-refractivity contribution >= 4 is 17.5 Å². The van der Waals surface area contributed by atoms with Gasteiger partial charge in [0.2, 0.25) is 0 Å². The molecule has 0 unspecified atom stereocenters. The first-order chi connectivity index (χ1) is 11.7. The van der Waals surface area contributed by atoms with Crippen molar-refractivity contribution < 1.29 is 9.53 Å². The number of nitrogens with zero attached hydrogens (tertiary/aromatic N) is 2. The molecule has 24 heavy (non-hydrogen) atoms. The Hall–Kier alpha value is -2.76. The van der Waals surface area contributed by atoms with Crippen LogP contribution in [0.2, 0.25) is 0 Å². The van der Waals surface area contributed by atoms with Gasteiger partial charge in [-0.15, -0.1) is 0 Å². The summed E-state index contributed by atoms with van der Waals surface area (Å²) in [4.78, 5) is 18.7. The van der Waals surface area contributed by atoms with Gasteiger partial charge in [0.05, 0.1) is 7.11 Å². The second-order valence-electron chi connectivity index (χ2n) is 5.75. The van der Waals surface area contributed by atoms with Crippen LogP contribution in [0.5, 0.6) is 5.75 Å². The first-order valence-corrected chi connectivity index (χ1v) is 8.13. The predicted octanol–water partition coefficient (Wildman–Crippen LogP) is 3.01. The molecule has 0 bridgehead atoms. The zero-order valence-electron chi connectivity index (χ0n) is 13.8. The Kier molecular flexibility index (Phi) is 5.15. The molecule has 126 valence electrons. The molecule has 6 heteroatoms. The van der Waals surface area contributed by atoms with Gasteiger partial charge in [0.15, 0.2) is 0 Å². The van der Waals surface area contributed by atoms with Crippen LogP contribution in [0.25, 0.3) is 0 Å². The third kappa shape index (κ3) is 4.16. The number of pyridine rings is 1. The van der Waals surface area contributed by atoms with Crippen LogP contribution in [0.3, 0.4) is 0 Å². The van der Waals surface area contributed by atoms with E-state index in [2.05, 4.69) is 20.5 Å². The van der Waals surface area contributed by atoms with Gasteiger partial charge in [-0.1, -0.05) is 6.07 Å². The molecule has 6 nitrogen and oxygen atoms in total. The van der Waals surface area contributed by atoms with Crippen LogP contribution in [-0.2, 0) is 6.54 Å². The maximum Gasteiger partial charge on any atom is 0.319 e. The number of urea groups is 1. The average molecular weight is 326 g/mol. The zero-order valence-corrected chi connectivity index (χ0v) is 13.8. The number of methoxy groups -OCH3 is 1. The standard InChI is InChI=1S/C18H22N4O2/c1-24-16-7-5-15(6-8-16)21-18(23)20-13-14-4-9-17(19-12-14)22-10-2-3-11-22/h4-9,12H,2-3,10-11,13H2,1H3,(H2,20,21,23). The number of carbonyl (C=O) groups excluding carboxylic acids is 1. The summed E-state index contributed by atoms with van der Waals surface area (Å²) in [6, 6.07) is 11.0. The number of carbonyl (C=O) groups is 1. The molecule has 0 radical (unpaired) electrons. The molecular weight excluding hydrogens is 304 g/mol. The Morgan fingerprint density at radius 2 is 1.92 bits per heavy atom. The molecule has 0 aliphatic carbocycles. The highest BCUT2D eigenvalue weighted by Gasteiger charge is 2.13. The number of rotatable bonds is 5. The summed E-state index contributed by atoms with van der Waals surface area (Å²) in [5.74, 6) is 1.77. The van der Waals surface area contributed by atoms with E-state index in [9.17, 15) is 4.79 Å². The minimum atomic E-state index is -0.246. The second-order valence-corrected chi connectivity index (χ2v) is 5.75. The van der Waals surface area contributed by atoms with Gasteiger partial charge in [0, 0.05) is 31.5 Å². The maximum atomic E-state index is 11.9. The van der Waals surface area contributed by atoms with Crippen LogP contribution in [0.4, 0.5) is 16.3 Å². The summed E-state index contributed by atoms with van der Waals surface area (Å²) in [5, 5.41) is 5.62. The minimum Gasteiger partial charge on any atom is -0.497 e. The zero-order chi connectivity index (χ0) is 16.8. The Balaban J connectivity index is 1.48. The van der Waals surface area contributed by atoms with E-state index < -0.39 is 0 Å². The fourth-order valence-corrected chi connectivity index (χ4v) is 2.69.